The van der Waals surface area contributed by atoms with Gasteiger partial charge in [-0.2, -0.15) is 5.26 Å². The van der Waals surface area contributed by atoms with Crippen molar-refractivity contribution >= 4 is 23.6 Å². The van der Waals surface area contributed by atoms with Crippen molar-refractivity contribution in [1.82, 2.24) is 0 Å². The van der Waals surface area contributed by atoms with Gasteiger partial charge in [-0.3, -0.25) is 0 Å². The summed E-state index contributed by atoms with van der Waals surface area (Å²) in [6.07, 6.45) is 1.61. The molecule has 3 rings (SSSR count). The first kappa shape index (κ1) is 15.3. The van der Waals surface area contributed by atoms with Crippen molar-refractivity contribution in [2.24, 2.45) is 0 Å². The molecule has 1 aliphatic heterocycles. The van der Waals surface area contributed by atoms with E-state index < -0.39 is 11.9 Å². The minimum absolute atomic E-state index is 0.0467. The van der Waals surface area contributed by atoms with Gasteiger partial charge in [0, 0.05) is 5.57 Å². The number of nitriles is 1. The molecule has 0 bridgehead atoms. The normalized spacial score (nSPS) is 15.3. The second-order valence-electron chi connectivity index (χ2n) is 5.05. The highest BCUT2D eigenvalue weighted by Gasteiger charge is 2.30. The zero-order chi connectivity index (χ0) is 17.1. The SMILES string of the molecule is N#CC1=C(c2ccccc2)C(=Cc2ccc(C(=O)O)cc2)OC1=O. The van der Waals surface area contributed by atoms with Crippen LogP contribution in [0.2, 0.25) is 0 Å². The maximum atomic E-state index is 11.9. The summed E-state index contributed by atoms with van der Waals surface area (Å²) in [7, 11) is 0. The lowest BCUT2D eigenvalue weighted by atomic mass is 9.99. The Morgan fingerprint density at radius 2 is 1.75 bits per heavy atom. The minimum atomic E-state index is -1.02. The first-order valence-electron chi connectivity index (χ1n) is 7.07. The zero-order valence-corrected chi connectivity index (χ0v) is 12.4. The molecular formula is C19H11NO4. The number of carbonyl (C=O) groups is 2. The van der Waals surface area contributed by atoms with Crippen LogP contribution in [0.25, 0.3) is 11.6 Å². The fourth-order valence-electron chi connectivity index (χ4n) is 2.40. The van der Waals surface area contributed by atoms with E-state index in [1.54, 1.807) is 42.5 Å². The van der Waals surface area contributed by atoms with Crippen molar-refractivity contribution in [3.05, 3.63) is 82.6 Å². The van der Waals surface area contributed by atoms with E-state index in [0.29, 0.717) is 16.7 Å². The van der Waals surface area contributed by atoms with Gasteiger partial charge in [0.05, 0.1) is 5.56 Å². The van der Waals surface area contributed by atoms with E-state index >= 15 is 0 Å². The van der Waals surface area contributed by atoms with Crippen LogP contribution >= 0.6 is 0 Å². The van der Waals surface area contributed by atoms with Gasteiger partial charge in [0.2, 0.25) is 0 Å². The summed E-state index contributed by atoms with van der Waals surface area (Å²) >= 11 is 0. The molecule has 0 atom stereocenters. The molecule has 5 heteroatoms. The van der Waals surface area contributed by atoms with Crippen molar-refractivity contribution < 1.29 is 19.4 Å². The summed E-state index contributed by atoms with van der Waals surface area (Å²) in [5.41, 5.74) is 1.92. The number of allylic oxidation sites excluding steroid dienone is 1. The zero-order valence-electron chi connectivity index (χ0n) is 12.4. The lowest BCUT2D eigenvalue weighted by molar-refractivity contribution is -0.132. The third-order valence-electron chi connectivity index (χ3n) is 3.53. The molecule has 2 aromatic carbocycles. The maximum absolute atomic E-state index is 11.9. The Labute approximate surface area is 137 Å². The molecule has 0 saturated carbocycles. The molecule has 1 N–H and O–H groups in total. The van der Waals surface area contributed by atoms with Gasteiger partial charge in [0.1, 0.15) is 17.4 Å². The highest BCUT2D eigenvalue weighted by molar-refractivity contribution is 6.11. The number of nitrogens with zero attached hydrogens (tertiary/aromatic N) is 1. The number of carboxylic acid groups (broad SMARTS) is 1. The number of ether oxygens (including phenoxy) is 1. The molecule has 24 heavy (non-hydrogen) atoms. The minimum Gasteiger partial charge on any atom is -0.478 e. The first-order chi connectivity index (χ1) is 11.6. The Bertz CT molecular complexity index is 916. The van der Waals surface area contributed by atoms with Crippen molar-refractivity contribution in [3.8, 4) is 6.07 Å². The van der Waals surface area contributed by atoms with Gasteiger partial charge >= 0.3 is 11.9 Å². The molecule has 0 aliphatic carbocycles. The molecule has 0 saturated heterocycles. The third kappa shape index (κ3) is 2.81. The van der Waals surface area contributed by atoms with Crippen LogP contribution in [0, 0.1) is 11.3 Å². The van der Waals surface area contributed by atoms with Crippen LogP contribution in [-0.4, -0.2) is 17.0 Å². The molecule has 1 aliphatic rings. The Hall–Kier alpha value is -3.65. The lowest BCUT2D eigenvalue weighted by Crippen LogP contribution is -1.96. The van der Waals surface area contributed by atoms with Crippen LogP contribution in [0.5, 0.6) is 0 Å². The summed E-state index contributed by atoms with van der Waals surface area (Å²) in [4.78, 5) is 22.8. The second-order valence-corrected chi connectivity index (χ2v) is 5.05. The largest absolute Gasteiger partial charge is 0.478 e. The number of esters is 1. The molecule has 0 fully saturated rings. The number of carboxylic acids is 1. The van der Waals surface area contributed by atoms with E-state index in [-0.39, 0.29) is 16.9 Å². The summed E-state index contributed by atoms with van der Waals surface area (Å²) in [6, 6.07) is 17.0. The van der Waals surface area contributed by atoms with Crippen molar-refractivity contribution in [2.45, 2.75) is 0 Å². The predicted molar refractivity (Wildman–Crippen MR) is 86.4 cm³/mol. The van der Waals surface area contributed by atoms with Gasteiger partial charge in [-0.15, -0.1) is 0 Å². The Morgan fingerprint density at radius 1 is 1.08 bits per heavy atom. The third-order valence-corrected chi connectivity index (χ3v) is 3.53. The second kappa shape index (κ2) is 6.23. The lowest BCUT2D eigenvalue weighted by Gasteiger charge is -2.05. The van der Waals surface area contributed by atoms with Crippen LogP contribution in [-0.2, 0) is 9.53 Å². The van der Waals surface area contributed by atoms with E-state index in [1.165, 1.54) is 12.1 Å². The van der Waals surface area contributed by atoms with Crippen LogP contribution in [0.1, 0.15) is 21.5 Å². The molecule has 0 amide bonds. The van der Waals surface area contributed by atoms with E-state index in [4.69, 9.17) is 9.84 Å². The summed E-state index contributed by atoms with van der Waals surface area (Å²) < 4.78 is 5.22. The molecule has 0 aromatic heterocycles. The topological polar surface area (TPSA) is 87.4 Å². The van der Waals surface area contributed by atoms with E-state index in [0.717, 1.165) is 0 Å². The Balaban J connectivity index is 2.06. The quantitative estimate of drug-likeness (QED) is 0.878. The number of benzene rings is 2. The number of carbonyl (C=O) groups excluding carboxylic acids is 1. The van der Waals surface area contributed by atoms with E-state index in [1.807, 2.05) is 12.1 Å². The van der Waals surface area contributed by atoms with E-state index in [9.17, 15) is 14.9 Å². The van der Waals surface area contributed by atoms with Crippen molar-refractivity contribution in [3.63, 3.8) is 0 Å². The summed E-state index contributed by atoms with van der Waals surface area (Å²) in [6.45, 7) is 0. The number of hydrogen-bond acceptors (Lipinski definition) is 4. The highest BCUT2D eigenvalue weighted by Crippen LogP contribution is 2.35. The van der Waals surface area contributed by atoms with Gasteiger partial charge in [-0.1, -0.05) is 42.5 Å². The van der Waals surface area contributed by atoms with Crippen molar-refractivity contribution in [2.75, 3.05) is 0 Å². The number of cyclic esters (lactones) is 1. The van der Waals surface area contributed by atoms with Crippen LogP contribution in [0.15, 0.2) is 65.9 Å². The summed E-state index contributed by atoms with van der Waals surface area (Å²) in [5.74, 6) is -1.44. The van der Waals surface area contributed by atoms with E-state index in [2.05, 4.69) is 0 Å². The maximum Gasteiger partial charge on any atom is 0.355 e. The highest BCUT2D eigenvalue weighted by atomic mass is 16.5. The monoisotopic (exact) mass is 317 g/mol. The number of rotatable bonds is 3. The molecule has 5 nitrogen and oxygen atoms in total. The van der Waals surface area contributed by atoms with Gasteiger partial charge in [-0.05, 0) is 29.3 Å². The van der Waals surface area contributed by atoms with Gasteiger partial charge in [0.15, 0.2) is 0 Å². The van der Waals surface area contributed by atoms with Crippen LogP contribution in [0.3, 0.4) is 0 Å². The number of hydrogen-bond donors (Lipinski definition) is 1. The first-order valence-corrected chi connectivity index (χ1v) is 7.07. The fraction of sp³-hybridized carbons (Fsp3) is 0. The predicted octanol–water partition coefficient (Wildman–Crippen LogP) is 3.26. The fourth-order valence-corrected chi connectivity index (χ4v) is 2.40. The standard InChI is InChI=1S/C19H11NO4/c20-11-15-17(13-4-2-1-3-5-13)16(24-19(15)23)10-12-6-8-14(9-7-12)18(21)22/h1-10H,(H,21,22). The molecule has 116 valence electrons. The van der Waals surface area contributed by atoms with Gasteiger partial charge < -0.3 is 9.84 Å². The van der Waals surface area contributed by atoms with Gasteiger partial charge in [0.25, 0.3) is 0 Å². The van der Waals surface area contributed by atoms with Crippen LogP contribution < -0.4 is 0 Å². The molecule has 0 unspecified atom stereocenters. The molecule has 0 spiro atoms. The smallest absolute Gasteiger partial charge is 0.355 e. The van der Waals surface area contributed by atoms with Gasteiger partial charge in [-0.25, -0.2) is 9.59 Å². The van der Waals surface area contributed by atoms with Crippen LogP contribution in [0.4, 0.5) is 0 Å². The van der Waals surface area contributed by atoms with Crippen molar-refractivity contribution in [1.29, 1.82) is 5.26 Å². The average molecular weight is 317 g/mol. The molecule has 0 radical (unpaired) electrons. The molecular weight excluding hydrogens is 306 g/mol. The average Bonchev–Trinajstić information content (AvgIpc) is 2.91. The molecule has 2 aromatic rings. The number of aromatic carboxylic acids is 1. The Morgan fingerprint density at radius 3 is 2.33 bits per heavy atom. The summed E-state index contributed by atoms with van der Waals surface area (Å²) in [5, 5.41) is 18.2. The Kier molecular flexibility index (Phi) is 3.96. The molecule has 1 heterocycles.